The minimum Gasteiger partial charge on any atom is -0.478 e. The number of nitrogen functional groups attached to an aromatic ring is 2. The van der Waals surface area contributed by atoms with E-state index in [1.807, 2.05) is 43.3 Å². The van der Waals surface area contributed by atoms with Crippen LogP contribution < -0.4 is 11.5 Å². The number of carboxylic acid groups (broad SMARTS) is 1. The summed E-state index contributed by atoms with van der Waals surface area (Å²) in [6.45, 7) is 1.93. The van der Waals surface area contributed by atoms with Crippen molar-refractivity contribution in [2.24, 2.45) is 0 Å². The summed E-state index contributed by atoms with van der Waals surface area (Å²) < 4.78 is 1.73. The first-order valence-corrected chi connectivity index (χ1v) is 6.94. The van der Waals surface area contributed by atoms with Crippen molar-refractivity contribution in [3.63, 3.8) is 0 Å². The molecule has 0 saturated carbocycles. The number of nitrogens with two attached hydrogens (primary N) is 2. The molecule has 0 atom stereocenters. The molecule has 0 radical (unpaired) electrons. The van der Waals surface area contributed by atoms with E-state index in [-0.39, 0.29) is 5.56 Å². The summed E-state index contributed by atoms with van der Waals surface area (Å²) in [5.41, 5.74) is 13.7. The normalized spacial score (nSPS) is 9.78. The summed E-state index contributed by atoms with van der Waals surface area (Å²) in [4.78, 5) is 10.3. The van der Waals surface area contributed by atoms with E-state index in [4.69, 9.17) is 16.6 Å². The molecule has 6 heteroatoms. The molecule has 3 rings (SSSR count). The molecule has 6 nitrogen and oxygen atoms in total. The largest absolute Gasteiger partial charge is 0.478 e. The van der Waals surface area contributed by atoms with Gasteiger partial charge in [0.2, 0.25) is 0 Å². The molecule has 0 aliphatic carbocycles. The highest BCUT2D eigenvalue weighted by atomic mass is 16.4. The monoisotopic (exact) mass is 310 g/mol. The molecular weight excluding hydrogens is 292 g/mol. The van der Waals surface area contributed by atoms with Crippen LogP contribution >= 0.6 is 0 Å². The number of aryl methyl sites for hydroxylation is 1. The number of carbonyl (C=O) groups is 1. The Hall–Kier alpha value is -3.28. The van der Waals surface area contributed by atoms with Gasteiger partial charge in [-0.05, 0) is 37.3 Å². The third-order valence-electron chi connectivity index (χ3n) is 2.99. The molecule has 0 unspecified atom stereocenters. The van der Waals surface area contributed by atoms with Gasteiger partial charge in [-0.1, -0.05) is 24.3 Å². The first-order chi connectivity index (χ1) is 11.0. The molecule has 1 aromatic heterocycles. The van der Waals surface area contributed by atoms with Gasteiger partial charge in [-0.25, -0.2) is 9.48 Å². The Labute approximate surface area is 134 Å². The number of rotatable bonds is 2. The molecule has 2 aromatic carbocycles. The molecule has 118 valence electrons. The standard InChI is InChI=1S/C10H11N3.C7H7NO2/c1-8-7-10(11)13(12-8)9-5-3-2-4-6-9;8-6-3-1-2-5(4-6)7(9)10/h2-7H,11H2,1H3;1-4H,8H2,(H,9,10). The van der Waals surface area contributed by atoms with Crippen LogP contribution in [0.15, 0.2) is 60.7 Å². The SMILES string of the molecule is Cc1cc(N)n(-c2ccccc2)n1.Nc1cccc(C(=O)O)c1. The van der Waals surface area contributed by atoms with Gasteiger partial charge in [0.05, 0.1) is 16.9 Å². The number of aromatic nitrogens is 2. The van der Waals surface area contributed by atoms with E-state index < -0.39 is 5.97 Å². The van der Waals surface area contributed by atoms with Gasteiger partial charge < -0.3 is 16.6 Å². The number of anilines is 2. The van der Waals surface area contributed by atoms with Crippen molar-refractivity contribution >= 4 is 17.5 Å². The number of aromatic carboxylic acids is 1. The van der Waals surface area contributed by atoms with Crippen molar-refractivity contribution in [2.75, 3.05) is 11.5 Å². The molecule has 0 aliphatic heterocycles. The van der Waals surface area contributed by atoms with Gasteiger partial charge in [-0.15, -0.1) is 0 Å². The minimum absolute atomic E-state index is 0.222. The van der Waals surface area contributed by atoms with Gasteiger partial charge in [-0.2, -0.15) is 5.10 Å². The number of benzene rings is 2. The van der Waals surface area contributed by atoms with Crippen molar-refractivity contribution in [1.82, 2.24) is 9.78 Å². The van der Waals surface area contributed by atoms with Crippen molar-refractivity contribution in [3.05, 3.63) is 71.9 Å². The minimum atomic E-state index is -0.952. The fourth-order valence-electron chi connectivity index (χ4n) is 1.97. The van der Waals surface area contributed by atoms with Gasteiger partial charge >= 0.3 is 5.97 Å². The van der Waals surface area contributed by atoms with E-state index in [1.54, 1.807) is 16.8 Å². The topological polar surface area (TPSA) is 107 Å². The van der Waals surface area contributed by atoms with E-state index >= 15 is 0 Å². The zero-order valence-corrected chi connectivity index (χ0v) is 12.7. The molecule has 5 N–H and O–H groups in total. The number of hydrogen-bond donors (Lipinski definition) is 3. The fourth-order valence-corrected chi connectivity index (χ4v) is 1.97. The average Bonchev–Trinajstić information content (AvgIpc) is 2.87. The van der Waals surface area contributed by atoms with E-state index in [9.17, 15) is 4.79 Å². The first-order valence-electron chi connectivity index (χ1n) is 6.94. The van der Waals surface area contributed by atoms with E-state index in [2.05, 4.69) is 5.10 Å². The third-order valence-corrected chi connectivity index (χ3v) is 2.99. The lowest BCUT2D eigenvalue weighted by atomic mass is 10.2. The molecule has 23 heavy (non-hydrogen) atoms. The highest BCUT2D eigenvalue weighted by molar-refractivity contribution is 5.88. The Balaban J connectivity index is 0.000000174. The molecule has 0 fully saturated rings. The molecule has 0 aliphatic rings. The average molecular weight is 310 g/mol. The zero-order chi connectivity index (χ0) is 16.8. The summed E-state index contributed by atoms with van der Waals surface area (Å²) in [7, 11) is 0. The van der Waals surface area contributed by atoms with Crippen molar-refractivity contribution in [3.8, 4) is 5.69 Å². The second-order valence-corrected chi connectivity index (χ2v) is 4.89. The smallest absolute Gasteiger partial charge is 0.335 e. The highest BCUT2D eigenvalue weighted by Gasteiger charge is 2.02. The molecule has 0 saturated heterocycles. The predicted octanol–water partition coefficient (Wildman–Crippen LogP) is 2.73. The highest BCUT2D eigenvalue weighted by Crippen LogP contribution is 2.12. The third kappa shape index (κ3) is 4.34. The summed E-state index contributed by atoms with van der Waals surface area (Å²) in [6, 6.07) is 17.9. The van der Waals surface area contributed by atoms with E-state index in [0.29, 0.717) is 11.5 Å². The Morgan fingerprint density at radius 2 is 1.74 bits per heavy atom. The lowest BCUT2D eigenvalue weighted by Gasteiger charge is -2.01. The van der Waals surface area contributed by atoms with E-state index in [1.165, 1.54) is 12.1 Å². The van der Waals surface area contributed by atoms with Crippen LogP contribution in [0.1, 0.15) is 16.1 Å². The number of carboxylic acids is 1. The molecule has 1 heterocycles. The Morgan fingerprint density at radius 3 is 2.22 bits per heavy atom. The maximum absolute atomic E-state index is 10.3. The van der Waals surface area contributed by atoms with Crippen LogP contribution in [-0.2, 0) is 0 Å². The molecule has 0 amide bonds. The lowest BCUT2D eigenvalue weighted by Crippen LogP contribution is -2.00. The maximum atomic E-state index is 10.3. The Kier molecular flexibility index (Phi) is 4.99. The second-order valence-electron chi connectivity index (χ2n) is 4.89. The van der Waals surface area contributed by atoms with Crippen LogP contribution in [0.2, 0.25) is 0 Å². The quantitative estimate of drug-likeness (QED) is 0.631. The summed E-state index contributed by atoms with van der Waals surface area (Å²) in [5.74, 6) is -0.281. The number of nitrogens with zero attached hydrogens (tertiary/aromatic N) is 2. The predicted molar refractivity (Wildman–Crippen MR) is 90.5 cm³/mol. The summed E-state index contributed by atoms with van der Waals surface area (Å²) >= 11 is 0. The van der Waals surface area contributed by atoms with Gasteiger partial charge in [0, 0.05) is 11.8 Å². The van der Waals surface area contributed by atoms with Gasteiger partial charge in [0.15, 0.2) is 0 Å². The van der Waals surface area contributed by atoms with Crippen LogP contribution in [-0.4, -0.2) is 20.9 Å². The lowest BCUT2D eigenvalue weighted by molar-refractivity contribution is 0.0697. The van der Waals surface area contributed by atoms with Gasteiger partial charge in [0.1, 0.15) is 5.82 Å². The molecular formula is C17H18N4O2. The zero-order valence-electron chi connectivity index (χ0n) is 12.7. The van der Waals surface area contributed by atoms with Gasteiger partial charge in [0.25, 0.3) is 0 Å². The van der Waals surface area contributed by atoms with Gasteiger partial charge in [-0.3, -0.25) is 0 Å². The van der Waals surface area contributed by atoms with Crippen molar-refractivity contribution in [2.45, 2.75) is 6.92 Å². The summed E-state index contributed by atoms with van der Waals surface area (Å²) in [5, 5.41) is 12.7. The first kappa shape index (κ1) is 16.1. The van der Waals surface area contributed by atoms with Crippen LogP contribution in [0.5, 0.6) is 0 Å². The number of hydrogen-bond acceptors (Lipinski definition) is 4. The van der Waals surface area contributed by atoms with E-state index in [0.717, 1.165) is 11.4 Å². The molecule has 0 bridgehead atoms. The Bertz CT molecular complexity index is 797. The second kappa shape index (κ2) is 7.13. The van der Waals surface area contributed by atoms with Crippen molar-refractivity contribution < 1.29 is 9.90 Å². The fraction of sp³-hybridized carbons (Fsp3) is 0.0588. The molecule has 3 aromatic rings. The van der Waals surface area contributed by atoms with Crippen LogP contribution in [0, 0.1) is 6.92 Å². The Morgan fingerprint density at radius 1 is 1.04 bits per heavy atom. The van der Waals surface area contributed by atoms with Crippen molar-refractivity contribution in [1.29, 1.82) is 0 Å². The summed E-state index contributed by atoms with van der Waals surface area (Å²) in [6.07, 6.45) is 0. The number of para-hydroxylation sites is 1. The molecule has 0 spiro atoms. The van der Waals surface area contributed by atoms with Crippen LogP contribution in [0.3, 0.4) is 0 Å². The van der Waals surface area contributed by atoms with Crippen LogP contribution in [0.25, 0.3) is 5.69 Å². The maximum Gasteiger partial charge on any atom is 0.335 e. The van der Waals surface area contributed by atoms with Crippen LogP contribution in [0.4, 0.5) is 11.5 Å².